The Kier molecular flexibility index (Phi) is 9.25. The summed E-state index contributed by atoms with van der Waals surface area (Å²) in [5.41, 5.74) is -0.597. The van der Waals surface area contributed by atoms with Crippen LogP contribution in [0.15, 0.2) is 0 Å². The summed E-state index contributed by atoms with van der Waals surface area (Å²) in [7, 11) is -4.71. The van der Waals surface area contributed by atoms with Gasteiger partial charge in [-0.05, 0) is 20.3 Å². The van der Waals surface area contributed by atoms with Gasteiger partial charge in [0, 0.05) is 0 Å². The molecule has 0 fully saturated rings. The molecule has 0 bridgehead atoms. The number of carbonyl (C=O) groups is 1. The van der Waals surface area contributed by atoms with E-state index in [9.17, 15) is 14.3 Å². The van der Waals surface area contributed by atoms with Crippen LogP contribution in [0.25, 0.3) is 0 Å². The quantitative estimate of drug-likeness (QED) is 0.245. The van der Waals surface area contributed by atoms with Crippen LogP contribution in [0.3, 0.4) is 0 Å². The Balaban J connectivity index is 0. The molecule has 0 aliphatic carbocycles. The van der Waals surface area contributed by atoms with Crippen molar-refractivity contribution < 1.29 is 58.0 Å². The number of hydrogen-bond donors (Lipinski definition) is 1. The molecule has 0 aliphatic rings. The number of rotatable bonds is 6. The van der Waals surface area contributed by atoms with Crippen LogP contribution in [0.4, 0.5) is 0 Å². The Morgan fingerprint density at radius 1 is 1.44 bits per heavy atom. The standard InChI is InChI=1S/C8H17O6P.Na/c1-4-8(2,3)7(9)13-5-6-14-15(10,11)12;/h4-6H2,1-3H3,(H2,10,11,12);/q;+1/p-1. The van der Waals surface area contributed by atoms with Crippen LogP contribution in [0.2, 0.25) is 0 Å². The average molecular weight is 262 g/mol. The summed E-state index contributed by atoms with van der Waals surface area (Å²) >= 11 is 0. The van der Waals surface area contributed by atoms with Crippen molar-refractivity contribution in [1.82, 2.24) is 0 Å². The number of hydrogen-bond acceptors (Lipinski definition) is 5. The molecule has 0 saturated heterocycles. The van der Waals surface area contributed by atoms with Gasteiger partial charge in [0.05, 0.1) is 12.0 Å². The van der Waals surface area contributed by atoms with Crippen LogP contribution in [0.1, 0.15) is 27.2 Å². The van der Waals surface area contributed by atoms with Gasteiger partial charge < -0.3 is 19.0 Å². The number of phosphoric acid groups is 1. The van der Waals surface area contributed by atoms with Crippen LogP contribution in [-0.4, -0.2) is 24.1 Å². The van der Waals surface area contributed by atoms with Gasteiger partial charge in [-0.15, -0.1) is 0 Å². The molecule has 0 radical (unpaired) electrons. The van der Waals surface area contributed by atoms with Crippen molar-refractivity contribution in [2.45, 2.75) is 27.2 Å². The fourth-order valence-electron chi connectivity index (χ4n) is 0.627. The topological polar surface area (TPSA) is 95.9 Å². The van der Waals surface area contributed by atoms with Gasteiger partial charge >= 0.3 is 35.5 Å². The summed E-state index contributed by atoms with van der Waals surface area (Å²) in [6.45, 7) is 4.72. The van der Waals surface area contributed by atoms with E-state index in [0.29, 0.717) is 6.42 Å². The fourth-order valence-corrected chi connectivity index (χ4v) is 0.932. The van der Waals surface area contributed by atoms with Crippen LogP contribution < -0.4 is 34.5 Å². The molecule has 0 aliphatic heterocycles. The average Bonchev–Trinajstić information content (AvgIpc) is 2.10. The smallest absolute Gasteiger partial charge is 0.756 e. The molecule has 1 atom stereocenters. The van der Waals surface area contributed by atoms with Crippen LogP contribution in [0.5, 0.6) is 0 Å². The van der Waals surface area contributed by atoms with Gasteiger partial charge in [-0.25, -0.2) is 0 Å². The molecule has 0 spiro atoms. The van der Waals surface area contributed by atoms with E-state index in [2.05, 4.69) is 4.52 Å². The largest absolute Gasteiger partial charge is 1.00 e. The number of esters is 1. The van der Waals surface area contributed by atoms with E-state index in [1.807, 2.05) is 6.92 Å². The Bertz CT molecular complexity index is 261. The van der Waals surface area contributed by atoms with Crippen molar-refractivity contribution in [2.75, 3.05) is 13.2 Å². The van der Waals surface area contributed by atoms with Gasteiger partial charge in [-0.3, -0.25) is 9.36 Å². The third kappa shape index (κ3) is 8.70. The van der Waals surface area contributed by atoms with Crippen molar-refractivity contribution in [3.8, 4) is 0 Å². The second-order valence-corrected chi connectivity index (χ2v) is 4.87. The zero-order chi connectivity index (χ0) is 12.1. The van der Waals surface area contributed by atoms with Gasteiger partial charge in [-0.2, -0.15) is 0 Å². The van der Waals surface area contributed by atoms with E-state index in [1.165, 1.54) is 0 Å². The number of phosphoric ester groups is 1. The molecule has 90 valence electrons. The fraction of sp³-hybridized carbons (Fsp3) is 0.875. The van der Waals surface area contributed by atoms with Crippen molar-refractivity contribution in [1.29, 1.82) is 0 Å². The maximum absolute atomic E-state index is 11.3. The number of ether oxygens (including phenoxy) is 1. The third-order valence-corrected chi connectivity index (χ3v) is 2.52. The molecule has 0 saturated carbocycles. The zero-order valence-corrected chi connectivity index (χ0v) is 13.0. The molecule has 0 aromatic rings. The molecule has 0 amide bonds. The van der Waals surface area contributed by atoms with Gasteiger partial charge in [-0.1, -0.05) is 6.92 Å². The first-order chi connectivity index (χ1) is 6.69. The molecular formula is C8H16NaO6P. The molecule has 0 heterocycles. The van der Waals surface area contributed by atoms with E-state index in [1.54, 1.807) is 13.8 Å². The van der Waals surface area contributed by atoms with Crippen LogP contribution >= 0.6 is 7.82 Å². The Hall–Kier alpha value is 0.580. The van der Waals surface area contributed by atoms with Gasteiger partial charge in [0.15, 0.2) is 0 Å². The molecule has 16 heavy (non-hydrogen) atoms. The van der Waals surface area contributed by atoms with Crippen LogP contribution in [0, 0.1) is 5.41 Å². The molecule has 8 heteroatoms. The van der Waals surface area contributed by atoms with Crippen LogP contribution in [-0.2, 0) is 18.6 Å². The summed E-state index contributed by atoms with van der Waals surface area (Å²) in [5.74, 6) is -0.424. The second kappa shape index (κ2) is 7.82. The molecule has 0 aromatic heterocycles. The van der Waals surface area contributed by atoms with Gasteiger partial charge in [0.2, 0.25) is 0 Å². The van der Waals surface area contributed by atoms with Crippen molar-refractivity contribution in [3.05, 3.63) is 0 Å². The summed E-state index contributed by atoms with van der Waals surface area (Å²) in [6.07, 6.45) is 0.618. The first kappa shape index (κ1) is 18.9. The zero-order valence-electron chi connectivity index (χ0n) is 10.1. The Morgan fingerprint density at radius 2 is 1.94 bits per heavy atom. The SMILES string of the molecule is CCC(C)(C)C(=O)OCCOP(=O)([O-])O.[Na+]. The maximum atomic E-state index is 11.3. The van der Waals surface area contributed by atoms with Gasteiger partial charge in [0.25, 0.3) is 7.82 Å². The summed E-state index contributed by atoms with van der Waals surface area (Å²) in [6, 6.07) is 0. The third-order valence-electron chi connectivity index (χ3n) is 2.01. The molecular weight excluding hydrogens is 246 g/mol. The predicted molar refractivity (Wildman–Crippen MR) is 50.8 cm³/mol. The van der Waals surface area contributed by atoms with Crippen molar-refractivity contribution in [3.63, 3.8) is 0 Å². The molecule has 1 unspecified atom stereocenters. The summed E-state index contributed by atoms with van der Waals surface area (Å²) in [4.78, 5) is 29.7. The van der Waals surface area contributed by atoms with Crippen molar-refractivity contribution >= 4 is 13.8 Å². The number of carbonyl (C=O) groups excluding carboxylic acids is 1. The first-order valence-electron chi connectivity index (χ1n) is 4.54. The van der Waals surface area contributed by atoms with E-state index in [4.69, 9.17) is 9.63 Å². The molecule has 0 aromatic carbocycles. The normalized spacial score (nSPS) is 14.8. The minimum Gasteiger partial charge on any atom is -0.756 e. The van der Waals surface area contributed by atoms with Gasteiger partial charge in [0.1, 0.15) is 6.61 Å². The van der Waals surface area contributed by atoms with E-state index >= 15 is 0 Å². The minimum atomic E-state index is -4.71. The summed E-state index contributed by atoms with van der Waals surface area (Å²) < 4.78 is 18.9. The van der Waals surface area contributed by atoms with E-state index < -0.39 is 19.2 Å². The summed E-state index contributed by atoms with van der Waals surface area (Å²) in [5, 5.41) is 0. The first-order valence-corrected chi connectivity index (χ1v) is 6.04. The van der Waals surface area contributed by atoms with Crippen molar-refractivity contribution in [2.24, 2.45) is 5.41 Å². The predicted octanol–water partition coefficient (Wildman–Crippen LogP) is -2.55. The Labute approximate surface area is 117 Å². The molecule has 0 rings (SSSR count). The maximum Gasteiger partial charge on any atom is 1.00 e. The minimum absolute atomic E-state index is 0. The molecule has 1 N–H and O–H groups in total. The second-order valence-electron chi connectivity index (χ2n) is 3.68. The van der Waals surface area contributed by atoms with E-state index in [-0.39, 0.29) is 42.8 Å². The Morgan fingerprint density at radius 3 is 2.31 bits per heavy atom. The van der Waals surface area contributed by atoms with E-state index in [0.717, 1.165) is 0 Å². The monoisotopic (exact) mass is 262 g/mol. The molecule has 6 nitrogen and oxygen atoms in total.